The first-order valence-corrected chi connectivity index (χ1v) is 11.3. The van der Waals surface area contributed by atoms with Crippen LogP contribution in [0.2, 0.25) is 0 Å². The van der Waals surface area contributed by atoms with Crippen molar-refractivity contribution in [2.24, 2.45) is 0 Å². The summed E-state index contributed by atoms with van der Waals surface area (Å²) in [6.45, 7) is 3.37. The number of anilines is 1. The Bertz CT molecular complexity index is 1250. The molecule has 2 heterocycles. The van der Waals surface area contributed by atoms with Gasteiger partial charge in [0.2, 0.25) is 10.0 Å². The van der Waals surface area contributed by atoms with E-state index in [9.17, 15) is 22.9 Å². The maximum Gasteiger partial charge on any atom is 0.295 e. The number of aryl methyl sites for hydroxylation is 1. The normalized spacial score (nSPS) is 15.7. The van der Waals surface area contributed by atoms with Crippen molar-refractivity contribution in [2.75, 3.05) is 31.1 Å². The van der Waals surface area contributed by atoms with Crippen molar-refractivity contribution < 1.29 is 17.7 Å². The molecule has 0 bridgehead atoms. The number of fused-ring (bicyclic) bond motifs is 1. The molecule has 3 aromatic rings. The molecule has 162 valence electrons. The summed E-state index contributed by atoms with van der Waals surface area (Å²) in [5, 5.41) is 12.1. The zero-order valence-electron chi connectivity index (χ0n) is 16.9. The molecule has 1 aliphatic heterocycles. The lowest BCUT2D eigenvalue weighted by molar-refractivity contribution is -0.383. The minimum atomic E-state index is -3.74. The molecule has 1 aliphatic rings. The van der Waals surface area contributed by atoms with Gasteiger partial charge in [-0.2, -0.15) is 4.31 Å². The number of hydrogen-bond donors (Lipinski definition) is 0. The monoisotopic (exact) mass is 444 g/mol. The molecule has 8 nitrogen and oxygen atoms in total. The van der Waals surface area contributed by atoms with Crippen LogP contribution in [-0.4, -0.2) is 48.8 Å². The van der Waals surface area contributed by atoms with Gasteiger partial charge in [0, 0.05) is 49.0 Å². The predicted molar refractivity (Wildman–Crippen MR) is 115 cm³/mol. The number of rotatable bonds is 4. The maximum atomic E-state index is 13.2. The van der Waals surface area contributed by atoms with Crippen LogP contribution in [0.3, 0.4) is 0 Å². The van der Waals surface area contributed by atoms with Crippen LogP contribution in [0.15, 0.2) is 53.4 Å². The van der Waals surface area contributed by atoms with E-state index < -0.39 is 20.8 Å². The van der Waals surface area contributed by atoms with E-state index in [4.69, 9.17) is 0 Å². The number of non-ortho nitro benzene ring substituents is 1. The molecule has 0 unspecified atom stereocenters. The van der Waals surface area contributed by atoms with E-state index in [1.807, 2.05) is 11.0 Å². The molecule has 1 fully saturated rings. The largest absolute Gasteiger partial charge is 0.370 e. The quantitative estimate of drug-likeness (QED) is 0.451. The first-order valence-electron chi connectivity index (χ1n) is 9.83. The zero-order valence-corrected chi connectivity index (χ0v) is 17.7. The Hall–Kier alpha value is -3.11. The molecule has 4 rings (SSSR count). The van der Waals surface area contributed by atoms with Gasteiger partial charge < -0.3 is 4.90 Å². The predicted octanol–water partition coefficient (Wildman–Crippen LogP) is 3.49. The van der Waals surface area contributed by atoms with E-state index in [0.29, 0.717) is 42.7 Å². The van der Waals surface area contributed by atoms with Crippen LogP contribution in [0.5, 0.6) is 0 Å². The number of hydrogen-bond acceptors (Lipinski definition) is 6. The van der Waals surface area contributed by atoms with Gasteiger partial charge in [-0.15, -0.1) is 0 Å². The van der Waals surface area contributed by atoms with Gasteiger partial charge in [0.05, 0.1) is 9.82 Å². The molecule has 31 heavy (non-hydrogen) atoms. The third-order valence-electron chi connectivity index (χ3n) is 5.37. The average molecular weight is 444 g/mol. The van der Waals surface area contributed by atoms with Crippen LogP contribution in [-0.2, 0) is 10.0 Å². The van der Waals surface area contributed by atoms with Crippen molar-refractivity contribution in [3.63, 3.8) is 0 Å². The van der Waals surface area contributed by atoms with E-state index >= 15 is 0 Å². The first-order chi connectivity index (χ1) is 14.8. The van der Waals surface area contributed by atoms with Gasteiger partial charge in [0.1, 0.15) is 5.82 Å². The van der Waals surface area contributed by atoms with E-state index in [1.165, 1.54) is 22.5 Å². The molecule has 1 saturated heterocycles. The Labute approximate surface area is 179 Å². The standard InChI is InChI=1S/C21H21FN4O4S/c1-15-14-20(18-4-2-5-19(26(27)28)21(18)23-15)24-10-3-11-25(13-12-24)31(29,30)17-8-6-16(22)7-9-17/h2,4-9,14H,3,10-13H2,1H3. The molecule has 0 amide bonds. The lowest BCUT2D eigenvalue weighted by atomic mass is 10.1. The fourth-order valence-corrected chi connectivity index (χ4v) is 5.35. The van der Waals surface area contributed by atoms with Crippen LogP contribution >= 0.6 is 0 Å². The minimum absolute atomic E-state index is 0.0576. The lowest BCUT2D eigenvalue weighted by Crippen LogP contribution is -2.35. The molecule has 0 aliphatic carbocycles. The molecule has 1 aromatic heterocycles. The minimum Gasteiger partial charge on any atom is -0.370 e. The molecule has 0 N–H and O–H groups in total. The summed E-state index contributed by atoms with van der Waals surface area (Å²) in [6, 6.07) is 11.5. The Morgan fingerprint density at radius 3 is 2.52 bits per heavy atom. The van der Waals surface area contributed by atoms with E-state index in [-0.39, 0.29) is 17.1 Å². The fraction of sp³-hybridized carbons (Fsp3) is 0.286. The number of halogens is 1. The van der Waals surface area contributed by atoms with Crippen molar-refractivity contribution in [3.8, 4) is 0 Å². The van der Waals surface area contributed by atoms with Crippen molar-refractivity contribution in [1.29, 1.82) is 0 Å². The number of nitrogens with zero attached hydrogens (tertiary/aromatic N) is 4. The van der Waals surface area contributed by atoms with Crippen LogP contribution in [0.1, 0.15) is 12.1 Å². The van der Waals surface area contributed by atoms with Crippen LogP contribution in [0.25, 0.3) is 10.9 Å². The van der Waals surface area contributed by atoms with Crippen molar-refractivity contribution in [3.05, 3.63) is 70.2 Å². The average Bonchev–Trinajstić information content (AvgIpc) is 2.99. The summed E-state index contributed by atoms with van der Waals surface area (Å²) < 4.78 is 40.6. The zero-order chi connectivity index (χ0) is 22.2. The number of aromatic nitrogens is 1. The fourth-order valence-electron chi connectivity index (χ4n) is 3.88. The molecule has 0 spiro atoms. The maximum absolute atomic E-state index is 13.2. The number of nitro groups is 1. The lowest BCUT2D eigenvalue weighted by Gasteiger charge is -2.25. The Kier molecular flexibility index (Phi) is 5.59. The smallest absolute Gasteiger partial charge is 0.295 e. The Morgan fingerprint density at radius 2 is 1.81 bits per heavy atom. The van der Waals surface area contributed by atoms with Gasteiger partial charge in [-0.1, -0.05) is 12.1 Å². The highest BCUT2D eigenvalue weighted by molar-refractivity contribution is 7.89. The highest BCUT2D eigenvalue weighted by atomic mass is 32.2. The number of sulfonamides is 1. The molecule has 0 saturated carbocycles. The SMILES string of the molecule is Cc1cc(N2CCCN(S(=O)(=O)c3ccc(F)cc3)CC2)c2cccc([N+](=O)[O-])c2n1. The number of nitro benzene ring substituents is 1. The first kappa shape index (κ1) is 21.1. The second-order valence-electron chi connectivity index (χ2n) is 7.41. The van der Waals surface area contributed by atoms with Gasteiger partial charge in [0.25, 0.3) is 5.69 Å². The molecular weight excluding hydrogens is 423 g/mol. The van der Waals surface area contributed by atoms with Gasteiger partial charge in [-0.25, -0.2) is 17.8 Å². The summed E-state index contributed by atoms with van der Waals surface area (Å²) in [7, 11) is -3.74. The van der Waals surface area contributed by atoms with Crippen LogP contribution in [0.4, 0.5) is 15.8 Å². The summed E-state index contributed by atoms with van der Waals surface area (Å²) in [5.74, 6) is -0.491. The third kappa shape index (κ3) is 4.08. The summed E-state index contributed by atoms with van der Waals surface area (Å²) in [6.07, 6.45) is 0.582. The molecule has 2 aromatic carbocycles. The second kappa shape index (κ2) is 8.20. The van der Waals surface area contributed by atoms with Crippen molar-refractivity contribution in [1.82, 2.24) is 9.29 Å². The molecule has 0 radical (unpaired) electrons. The van der Waals surface area contributed by atoms with Crippen molar-refractivity contribution >= 4 is 32.3 Å². The van der Waals surface area contributed by atoms with E-state index in [1.54, 1.807) is 19.1 Å². The van der Waals surface area contributed by atoms with E-state index in [2.05, 4.69) is 4.98 Å². The van der Waals surface area contributed by atoms with Crippen LogP contribution < -0.4 is 4.90 Å². The Morgan fingerprint density at radius 1 is 1.06 bits per heavy atom. The van der Waals surface area contributed by atoms with Crippen LogP contribution in [0, 0.1) is 22.9 Å². The van der Waals surface area contributed by atoms with Gasteiger partial charge in [-0.05, 0) is 43.7 Å². The van der Waals surface area contributed by atoms with E-state index in [0.717, 1.165) is 17.8 Å². The second-order valence-corrected chi connectivity index (χ2v) is 9.35. The Balaban J connectivity index is 1.65. The number of para-hydroxylation sites is 1. The summed E-state index contributed by atoms with van der Waals surface area (Å²) >= 11 is 0. The van der Waals surface area contributed by atoms with Gasteiger partial charge >= 0.3 is 0 Å². The van der Waals surface area contributed by atoms with Gasteiger partial charge in [0.15, 0.2) is 5.52 Å². The van der Waals surface area contributed by atoms with Crippen molar-refractivity contribution in [2.45, 2.75) is 18.2 Å². The third-order valence-corrected chi connectivity index (χ3v) is 7.28. The molecular formula is C21H21FN4O4S. The summed E-state index contributed by atoms with van der Waals surface area (Å²) in [5.41, 5.74) is 1.71. The molecule has 10 heteroatoms. The molecule has 0 atom stereocenters. The highest BCUT2D eigenvalue weighted by Gasteiger charge is 2.28. The topological polar surface area (TPSA) is 96.7 Å². The number of pyridine rings is 1. The summed E-state index contributed by atoms with van der Waals surface area (Å²) in [4.78, 5) is 17.5. The number of benzene rings is 2. The van der Waals surface area contributed by atoms with Gasteiger partial charge in [-0.3, -0.25) is 10.1 Å². The highest BCUT2D eigenvalue weighted by Crippen LogP contribution is 2.33.